The van der Waals surface area contributed by atoms with Gasteiger partial charge in [-0.15, -0.1) is 0 Å². The summed E-state index contributed by atoms with van der Waals surface area (Å²) in [5, 5.41) is 11.7. The number of nitro groups is 1. The Morgan fingerprint density at radius 2 is 1.84 bits per heavy atom. The summed E-state index contributed by atoms with van der Waals surface area (Å²) in [6, 6.07) is 11.8. The van der Waals surface area contributed by atoms with Crippen LogP contribution in [0.15, 0.2) is 63.5 Å². The van der Waals surface area contributed by atoms with Gasteiger partial charge in [-0.25, -0.2) is 9.79 Å². The van der Waals surface area contributed by atoms with Gasteiger partial charge in [0.1, 0.15) is 0 Å². The number of anilines is 1. The van der Waals surface area contributed by atoms with Gasteiger partial charge in [-0.1, -0.05) is 35.6 Å². The van der Waals surface area contributed by atoms with E-state index >= 15 is 0 Å². The van der Waals surface area contributed by atoms with E-state index in [2.05, 4.69) is 23.7 Å². The quantitative estimate of drug-likeness (QED) is 0.247. The van der Waals surface area contributed by atoms with Crippen LogP contribution >= 0.6 is 11.3 Å². The molecule has 198 valence electrons. The molecule has 0 N–H and O–H groups in total. The van der Waals surface area contributed by atoms with Crippen molar-refractivity contribution in [2.75, 3.05) is 24.6 Å². The summed E-state index contributed by atoms with van der Waals surface area (Å²) in [6.45, 7) is 11.2. The molecule has 0 spiro atoms. The van der Waals surface area contributed by atoms with Gasteiger partial charge in [0.15, 0.2) is 4.80 Å². The largest absolute Gasteiger partial charge is 0.463 e. The molecule has 0 saturated heterocycles. The molecule has 0 bridgehead atoms. The van der Waals surface area contributed by atoms with E-state index in [1.165, 1.54) is 22.0 Å². The van der Waals surface area contributed by atoms with E-state index in [0.717, 1.165) is 24.3 Å². The predicted molar refractivity (Wildman–Crippen MR) is 148 cm³/mol. The molecule has 0 radical (unpaired) electrons. The number of hydrogen-bond acceptors (Lipinski definition) is 8. The number of esters is 1. The van der Waals surface area contributed by atoms with Gasteiger partial charge in [-0.05, 0) is 64.0 Å². The highest BCUT2D eigenvalue weighted by atomic mass is 32.1. The highest BCUT2D eigenvalue weighted by molar-refractivity contribution is 7.07. The third kappa shape index (κ3) is 5.04. The van der Waals surface area contributed by atoms with Crippen LogP contribution in [0.25, 0.3) is 6.08 Å². The summed E-state index contributed by atoms with van der Waals surface area (Å²) in [5.74, 6) is -0.608. The summed E-state index contributed by atoms with van der Waals surface area (Å²) in [5.41, 5.74) is 3.06. The van der Waals surface area contributed by atoms with Gasteiger partial charge in [0, 0.05) is 30.4 Å². The lowest BCUT2D eigenvalue weighted by atomic mass is 9.94. The average molecular weight is 535 g/mol. The Bertz CT molecular complexity index is 1600. The topological polar surface area (TPSA) is 107 Å². The van der Waals surface area contributed by atoms with Crippen LogP contribution in [0.2, 0.25) is 0 Å². The van der Waals surface area contributed by atoms with Gasteiger partial charge in [0.2, 0.25) is 0 Å². The standard InChI is InChI=1S/C28H30N4O5S/c1-6-30(7-2)21-13-10-19(11-14-21)15-23-26(33)31-25(20-12-9-17(4)22(16-20)32(35)36)24(27(34)37-8-3)18(5)29-28(31)38-23/h9-16,25H,6-8H2,1-5H3/b23-15+/t25-/m1/s1. The average Bonchev–Trinajstić information content (AvgIpc) is 3.19. The van der Waals surface area contributed by atoms with Crippen molar-refractivity contribution in [2.45, 2.75) is 40.7 Å². The fraction of sp³-hybridized carbons (Fsp3) is 0.321. The number of aryl methyl sites for hydroxylation is 1. The highest BCUT2D eigenvalue weighted by Gasteiger charge is 2.34. The van der Waals surface area contributed by atoms with Crippen molar-refractivity contribution >= 4 is 34.8 Å². The molecule has 1 aliphatic heterocycles. The van der Waals surface area contributed by atoms with Crippen LogP contribution in [-0.4, -0.2) is 35.2 Å². The first-order chi connectivity index (χ1) is 18.2. The van der Waals surface area contributed by atoms with Crippen LogP contribution in [0.4, 0.5) is 11.4 Å². The van der Waals surface area contributed by atoms with Crippen molar-refractivity contribution in [2.24, 2.45) is 4.99 Å². The van der Waals surface area contributed by atoms with Gasteiger partial charge < -0.3 is 9.64 Å². The molecule has 0 saturated carbocycles. The molecule has 10 heteroatoms. The number of thiazole rings is 1. The normalized spacial score (nSPS) is 15.2. The van der Waals surface area contributed by atoms with Crippen molar-refractivity contribution in [3.63, 3.8) is 0 Å². The van der Waals surface area contributed by atoms with Crippen molar-refractivity contribution in [1.82, 2.24) is 4.57 Å². The lowest BCUT2D eigenvalue weighted by Gasteiger charge is -2.24. The number of fused-ring (bicyclic) bond motifs is 1. The summed E-state index contributed by atoms with van der Waals surface area (Å²) in [7, 11) is 0. The Morgan fingerprint density at radius 1 is 1.16 bits per heavy atom. The van der Waals surface area contributed by atoms with Gasteiger partial charge in [0.25, 0.3) is 11.2 Å². The molecule has 9 nitrogen and oxygen atoms in total. The number of carbonyl (C=O) groups excluding carboxylic acids is 1. The van der Waals surface area contributed by atoms with Crippen LogP contribution in [-0.2, 0) is 9.53 Å². The number of allylic oxidation sites excluding steroid dienone is 1. The minimum Gasteiger partial charge on any atom is -0.463 e. The van der Waals surface area contributed by atoms with Gasteiger partial charge >= 0.3 is 5.97 Å². The molecule has 2 heterocycles. The van der Waals surface area contributed by atoms with Crippen LogP contribution in [0.5, 0.6) is 0 Å². The lowest BCUT2D eigenvalue weighted by Crippen LogP contribution is -2.40. The van der Waals surface area contributed by atoms with E-state index in [1.807, 2.05) is 24.3 Å². The molecule has 1 aliphatic rings. The molecule has 4 rings (SSSR count). The van der Waals surface area contributed by atoms with Gasteiger partial charge in [0.05, 0.1) is 33.4 Å². The van der Waals surface area contributed by atoms with E-state index in [4.69, 9.17) is 4.74 Å². The fourth-order valence-electron chi connectivity index (χ4n) is 4.62. The van der Waals surface area contributed by atoms with Crippen LogP contribution in [0.1, 0.15) is 50.4 Å². The summed E-state index contributed by atoms with van der Waals surface area (Å²) >= 11 is 1.22. The summed E-state index contributed by atoms with van der Waals surface area (Å²) in [4.78, 5) is 45.2. The molecule has 38 heavy (non-hydrogen) atoms. The molecular formula is C28H30N4O5S. The van der Waals surface area contributed by atoms with E-state index < -0.39 is 16.9 Å². The first-order valence-electron chi connectivity index (χ1n) is 12.5. The van der Waals surface area contributed by atoms with E-state index in [1.54, 1.807) is 39.0 Å². The third-order valence-corrected chi connectivity index (χ3v) is 7.57. The first-order valence-corrected chi connectivity index (χ1v) is 13.3. The zero-order valence-electron chi connectivity index (χ0n) is 22.1. The Morgan fingerprint density at radius 3 is 2.45 bits per heavy atom. The van der Waals surface area contributed by atoms with Crippen LogP contribution in [0.3, 0.4) is 0 Å². The fourth-order valence-corrected chi connectivity index (χ4v) is 5.67. The molecule has 0 unspecified atom stereocenters. The lowest BCUT2D eigenvalue weighted by molar-refractivity contribution is -0.385. The number of ether oxygens (including phenoxy) is 1. The molecular weight excluding hydrogens is 504 g/mol. The zero-order chi connectivity index (χ0) is 27.6. The minimum atomic E-state index is -0.906. The van der Waals surface area contributed by atoms with E-state index in [-0.39, 0.29) is 23.4 Å². The Hall–Kier alpha value is -4.05. The molecule has 3 aromatic rings. The van der Waals surface area contributed by atoms with Crippen molar-refractivity contribution in [3.8, 4) is 0 Å². The Balaban J connectivity index is 1.90. The molecule has 1 atom stereocenters. The zero-order valence-corrected chi connectivity index (χ0v) is 22.9. The van der Waals surface area contributed by atoms with E-state index in [9.17, 15) is 19.7 Å². The van der Waals surface area contributed by atoms with E-state index in [0.29, 0.717) is 26.2 Å². The predicted octanol–water partition coefficient (Wildman–Crippen LogP) is 3.86. The number of nitro benzene ring substituents is 1. The number of aromatic nitrogens is 1. The number of hydrogen-bond donors (Lipinski definition) is 0. The Labute approximate surface area is 224 Å². The second kappa shape index (κ2) is 11.1. The maximum atomic E-state index is 13.8. The van der Waals surface area contributed by atoms with Crippen molar-refractivity contribution in [1.29, 1.82) is 0 Å². The molecule has 2 aromatic carbocycles. The molecule has 1 aromatic heterocycles. The second-order valence-corrected chi connectivity index (χ2v) is 9.88. The molecule has 0 aliphatic carbocycles. The number of benzene rings is 2. The van der Waals surface area contributed by atoms with Crippen molar-refractivity contribution < 1.29 is 14.5 Å². The minimum absolute atomic E-state index is 0.0872. The van der Waals surface area contributed by atoms with Gasteiger partial charge in [-0.2, -0.15) is 0 Å². The highest BCUT2D eigenvalue weighted by Crippen LogP contribution is 2.33. The van der Waals surface area contributed by atoms with Crippen molar-refractivity contribution in [3.05, 3.63) is 100 Å². The molecule has 0 amide bonds. The second-order valence-electron chi connectivity index (χ2n) is 8.87. The van der Waals surface area contributed by atoms with Gasteiger partial charge in [-0.3, -0.25) is 19.5 Å². The Kier molecular flexibility index (Phi) is 7.91. The monoisotopic (exact) mass is 534 g/mol. The van der Waals surface area contributed by atoms with Crippen LogP contribution < -0.4 is 19.8 Å². The third-order valence-electron chi connectivity index (χ3n) is 6.58. The SMILES string of the molecule is CCOC(=O)C1=C(C)N=c2s/c(=C/c3ccc(N(CC)CC)cc3)c(=O)n2[C@@H]1c1ccc(C)c([N+](=O)[O-])c1. The maximum absolute atomic E-state index is 13.8. The number of nitrogens with zero attached hydrogens (tertiary/aromatic N) is 4. The number of carbonyl (C=O) groups is 1. The summed E-state index contributed by atoms with van der Waals surface area (Å²) < 4.78 is 7.18. The smallest absolute Gasteiger partial charge is 0.338 e. The first kappa shape index (κ1) is 27.0. The summed E-state index contributed by atoms with van der Waals surface area (Å²) in [6.07, 6.45) is 1.80. The molecule has 0 fully saturated rings. The maximum Gasteiger partial charge on any atom is 0.338 e. The number of rotatable bonds is 8. The van der Waals surface area contributed by atoms with Crippen LogP contribution in [0, 0.1) is 17.0 Å².